The molecule has 3 aromatic carbocycles. The SMILES string of the molecule is O=C(NC1CCCC1)C(Cc1ccccc1)N(Cc1ccc(Br)cc1)C(=O)COc1ccccc1F. The van der Waals surface area contributed by atoms with Gasteiger partial charge in [0.25, 0.3) is 5.91 Å². The van der Waals surface area contributed by atoms with Gasteiger partial charge in [-0.25, -0.2) is 4.39 Å². The van der Waals surface area contributed by atoms with Crippen LogP contribution in [0.15, 0.2) is 83.3 Å². The first kappa shape index (κ1) is 25.9. The Kier molecular flexibility index (Phi) is 9.11. The van der Waals surface area contributed by atoms with Crippen molar-refractivity contribution < 1.29 is 18.7 Å². The lowest BCUT2D eigenvalue weighted by Crippen LogP contribution is -2.53. The van der Waals surface area contributed by atoms with E-state index < -0.39 is 11.9 Å². The Labute approximate surface area is 219 Å². The summed E-state index contributed by atoms with van der Waals surface area (Å²) in [7, 11) is 0. The van der Waals surface area contributed by atoms with E-state index in [4.69, 9.17) is 4.74 Å². The summed E-state index contributed by atoms with van der Waals surface area (Å²) >= 11 is 3.44. The van der Waals surface area contributed by atoms with Gasteiger partial charge in [-0.15, -0.1) is 0 Å². The summed E-state index contributed by atoms with van der Waals surface area (Å²) in [4.78, 5) is 28.7. The predicted molar refractivity (Wildman–Crippen MR) is 141 cm³/mol. The maximum absolute atomic E-state index is 14.1. The van der Waals surface area contributed by atoms with Gasteiger partial charge in [0.1, 0.15) is 6.04 Å². The fourth-order valence-corrected chi connectivity index (χ4v) is 4.76. The molecule has 7 heteroatoms. The Balaban J connectivity index is 1.61. The van der Waals surface area contributed by atoms with Crippen LogP contribution < -0.4 is 10.1 Å². The number of benzene rings is 3. The molecule has 1 saturated carbocycles. The van der Waals surface area contributed by atoms with Crippen molar-refractivity contribution in [1.82, 2.24) is 10.2 Å². The molecule has 1 atom stereocenters. The third-order valence-corrected chi connectivity index (χ3v) is 6.96. The Morgan fingerprint density at radius 1 is 0.944 bits per heavy atom. The van der Waals surface area contributed by atoms with Crippen LogP contribution in [0.2, 0.25) is 0 Å². The maximum Gasteiger partial charge on any atom is 0.261 e. The number of ether oxygens (including phenoxy) is 1. The van der Waals surface area contributed by atoms with Gasteiger partial charge < -0.3 is 15.0 Å². The second kappa shape index (κ2) is 12.7. The highest BCUT2D eigenvalue weighted by Crippen LogP contribution is 2.21. The van der Waals surface area contributed by atoms with Crippen molar-refractivity contribution >= 4 is 27.7 Å². The van der Waals surface area contributed by atoms with E-state index in [9.17, 15) is 14.0 Å². The molecule has 4 rings (SSSR count). The number of carbonyl (C=O) groups excluding carboxylic acids is 2. The van der Waals surface area contributed by atoms with Gasteiger partial charge in [-0.1, -0.05) is 83.4 Å². The highest BCUT2D eigenvalue weighted by atomic mass is 79.9. The molecule has 0 heterocycles. The average molecular weight is 553 g/mol. The van der Waals surface area contributed by atoms with Crippen LogP contribution in [-0.2, 0) is 22.6 Å². The minimum Gasteiger partial charge on any atom is -0.481 e. The van der Waals surface area contributed by atoms with Gasteiger partial charge in [0.05, 0.1) is 0 Å². The molecule has 0 aromatic heterocycles. The first-order valence-corrected chi connectivity index (χ1v) is 13.0. The van der Waals surface area contributed by atoms with Gasteiger partial charge in [0.2, 0.25) is 5.91 Å². The van der Waals surface area contributed by atoms with Crippen LogP contribution in [0, 0.1) is 5.82 Å². The summed E-state index contributed by atoms with van der Waals surface area (Å²) in [5.74, 6) is -1.10. The zero-order valence-corrected chi connectivity index (χ0v) is 21.6. The number of amides is 2. The summed E-state index contributed by atoms with van der Waals surface area (Å²) in [6.07, 6.45) is 4.43. The van der Waals surface area contributed by atoms with Crippen LogP contribution in [0.3, 0.4) is 0 Å². The smallest absolute Gasteiger partial charge is 0.261 e. The molecule has 1 N–H and O–H groups in total. The number of nitrogens with one attached hydrogen (secondary N) is 1. The van der Waals surface area contributed by atoms with E-state index in [1.165, 1.54) is 12.1 Å². The van der Waals surface area contributed by atoms with Crippen molar-refractivity contribution in [2.45, 2.75) is 50.7 Å². The molecule has 1 aliphatic carbocycles. The Morgan fingerprint density at radius 3 is 2.31 bits per heavy atom. The van der Waals surface area contributed by atoms with Crippen LogP contribution in [0.4, 0.5) is 4.39 Å². The maximum atomic E-state index is 14.1. The third-order valence-electron chi connectivity index (χ3n) is 6.43. The molecule has 188 valence electrons. The topological polar surface area (TPSA) is 58.6 Å². The molecule has 1 unspecified atom stereocenters. The molecule has 0 radical (unpaired) electrons. The normalized spacial score (nSPS) is 14.3. The lowest BCUT2D eigenvalue weighted by atomic mass is 10.0. The molecule has 1 fully saturated rings. The van der Waals surface area contributed by atoms with E-state index in [2.05, 4.69) is 21.2 Å². The predicted octanol–water partition coefficient (Wildman–Crippen LogP) is 5.67. The van der Waals surface area contributed by atoms with Crippen LogP contribution in [0.1, 0.15) is 36.8 Å². The standard InChI is InChI=1S/C29H30BrFN2O3/c30-23-16-14-22(15-17-23)19-33(28(34)20-36-27-13-7-6-12-25(27)31)26(18-21-8-2-1-3-9-21)29(35)32-24-10-4-5-11-24/h1-3,6-9,12-17,24,26H,4-5,10-11,18-20H2,(H,32,35). The lowest BCUT2D eigenvalue weighted by molar-refractivity contribution is -0.143. The summed E-state index contributed by atoms with van der Waals surface area (Å²) in [6, 6.07) is 22.7. The molecule has 2 amide bonds. The van der Waals surface area contributed by atoms with Crippen molar-refractivity contribution in [3.8, 4) is 5.75 Å². The van der Waals surface area contributed by atoms with Crippen LogP contribution >= 0.6 is 15.9 Å². The zero-order valence-electron chi connectivity index (χ0n) is 20.0. The molecule has 36 heavy (non-hydrogen) atoms. The molecular formula is C29H30BrFN2O3. The largest absolute Gasteiger partial charge is 0.481 e. The van der Waals surface area contributed by atoms with E-state index in [0.717, 1.165) is 41.3 Å². The highest BCUT2D eigenvalue weighted by molar-refractivity contribution is 9.10. The Hall–Kier alpha value is -3.19. The number of halogens is 2. The van der Waals surface area contributed by atoms with Crippen LogP contribution in [-0.4, -0.2) is 35.4 Å². The number of carbonyl (C=O) groups is 2. The third kappa shape index (κ3) is 7.17. The quantitative estimate of drug-likeness (QED) is 0.352. The van der Waals surface area contributed by atoms with Crippen molar-refractivity contribution in [2.75, 3.05) is 6.61 Å². The number of nitrogens with zero attached hydrogens (tertiary/aromatic N) is 1. The molecule has 0 spiro atoms. The fraction of sp³-hybridized carbons (Fsp3) is 0.310. The van der Waals surface area contributed by atoms with Crippen molar-refractivity contribution in [3.05, 3.63) is 100 Å². The molecule has 0 bridgehead atoms. The minimum atomic E-state index is -0.742. The number of rotatable bonds is 10. The van der Waals surface area contributed by atoms with E-state index >= 15 is 0 Å². The van der Waals surface area contributed by atoms with Crippen molar-refractivity contribution in [2.24, 2.45) is 0 Å². The summed E-state index contributed by atoms with van der Waals surface area (Å²) < 4.78 is 20.6. The first-order chi connectivity index (χ1) is 17.5. The number of para-hydroxylation sites is 1. The molecule has 5 nitrogen and oxygen atoms in total. The van der Waals surface area contributed by atoms with Gasteiger partial charge in [0.15, 0.2) is 18.2 Å². The second-order valence-corrected chi connectivity index (χ2v) is 9.98. The molecule has 0 aliphatic heterocycles. The molecule has 1 aliphatic rings. The second-order valence-electron chi connectivity index (χ2n) is 9.06. The number of hydrogen-bond donors (Lipinski definition) is 1. The highest BCUT2D eigenvalue weighted by Gasteiger charge is 2.32. The minimum absolute atomic E-state index is 0.00413. The fourth-order valence-electron chi connectivity index (χ4n) is 4.49. The van der Waals surface area contributed by atoms with Gasteiger partial charge in [-0.05, 0) is 48.2 Å². The van der Waals surface area contributed by atoms with Crippen LogP contribution in [0.5, 0.6) is 5.75 Å². The Morgan fingerprint density at radius 2 is 1.61 bits per heavy atom. The van der Waals surface area contributed by atoms with Gasteiger partial charge in [-0.2, -0.15) is 0 Å². The average Bonchev–Trinajstić information content (AvgIpc) is 3.40. The molecule has 0 saturated heterocycles. The lowest BCUT2D eigenvalue weighted by Gasteiger charge is -2.32. The van der Waals surface area contributed by atoms with Gasteiger partial charge in [-0.3, -0.25) is 9.59 Å². The van der Waals surface area contributed by atoms with E-state index in [0.29, 0.717) is 6.42 Å². The monoisotopic (exact) mass is 552 g/mol. The summed E-state index contributed by atoms with van der Waals surface area (Å²) in [6.45, 7) is -0.151. The zero-order chi connectivity index (χ0) is 25.3. The first-order valence-electron chi connectivity index (χ1n) is 12.2. The van der Waals surface area contributed by atoms with E-state index in [-0.39, 0.29) is 36.8 Å². The molecule has 3 aromatic rings. The summed E-state index contributed by atoms with van der Waals surface area (Å²) in [5, 5.41) is 3.17. The van der Waals surface area contributed by atoms with Crippen molar-refractivity contribution in [3.63, 3.8) is 0 Å². The van der Waals surface area contributed by atoms with Gasteiger partial charge in [0, 0.05) is 23.5 Å². The van der Waals surface area contributed by atoms with E-state index in [1.54, 1.807) is 17.0 Å². The van der Waals surface area contributed by atoms with Crippen LogP contribution in [0.25, 0.3) is 0 Å². The van der Waals surface area contributed by atoms with E-state index in [1.807, 2.05) is 54.6 Å². The number of hydrogen-bond acceptors (Lipinski definition) is 3. The molecular weight excluding hydrogens is 523 g/mol. The summed E-state index contributed by atoms with van der Waals surface area (Å²) in [5.41, 5.74) is 1.83. The Bertz CT molecular complexity index is 1150. The van der Waals surface area contributed by atoms with Crippen molar-refractivity contribution in [1.29, 1.82) is 0 Å². The van der Waals surface area contributed by atoms with Gasteiger partial charge >= 0.3 is 0 Å².